The average molecular weight is 231 g/mol. The highest BCUT2D eigenvalue weighted by Gasteiger charge is 2.17. The number of nitrogens with zero attached hydrogens (tertiary/aromatic N) is 2. The topological polar surface area (TPSA) is 37.8 Å². The van der Waals surface area contributed by atoms with Crippen molar-refractivity contribution in [2.75, 3.05) is 7.05 Å². The van der Waals surface area contributed by atoms with E-state index in [2.05, 4.69) is 21.4 Å². The first-order valence-corrected chi connectivity index (χ1v) is 6.47. The maximum atomic E-state index is 4.54. The molecule has 0 bridgehead atoms. The summed E-state index contributed by atoms with van der Waals surface area (Å²) >= 11 is 0. The van der Waals surface area contributed by atoms with Gasteiger partial charge < -0.3 is 5.32 Å². The van der Waals surface area contributed by atoms with Crippen LogP contribution in [0, 0.1) is 6.92 Å². The first kappa shape index (κ1) is 12.2. The Morgan fingerprint density at radius 3 is 2.94 bits per heavy atom. The number of hydrogen-bond acceptors (Lipinski definition) is 3. The molecule has 1 aromatic heterocycles. The minimum atomic E-state index is 0.259. The van der Waals surface area contributed by atoms with Crippen molar-refractivity contribution in [3.8, 4) is 0 Å². The Morgan fingerprint density at radius 1 is 1.29 bits per heavy atom. The Morgan fingerprint density at radius 2 is 2.18 bits per heavy atom. The Labute approximate surface area is 103 Å². The number of allylic oxidation sites excluding steroid dienone is 1. The van der Waals surface area contributed by atoms with Crippen LogP contribution in [0.4, 0.5) is 0 Å². The molecule has 0 aromatic carbocycles. The summed E-state index contributed by atoms with van der Waals surface area (Å²) in [7, 11) is 2.01. The highest BCUT2D eigenvalue weighted by atomic mass is 14.9. The zero-order valence-corrected chi connectivity index (χ0v) is 10.7. The molecule has 3 heteroatoms. The highest BCUT2D eigenvalue weighted by Crippen LogP contribution is 2.27. The number of nitrogens with one attached hydrogen (secondary N) is 1. The largest absolute Gasteiger partial charge is 0.308 e. The molecule has 1 atom stereocenters. The second kappa shape index (κ2) is 5.92. The molecule has 1 aliphatic carbocycles. The third-order valence-corrected chi connectivity index (χ3v) is 3.33. The summed E-state index contributed by atoms with van der Waals surface area (Å²) in [6.07, 6.45) is 10.6. The zero-order chi connectivity index (χ0) is 12.1. The lowest BCUT2D eigenvalue weighted by Gasteiger charge is -2.19. The highest BCUT2D eigenvalue weighted by molar-refractivity contribution is 5.22. The van der Waals surface area contributed by atoms with Gasteiger partial charge in [0.2, 0.25) is 0 Å². The van der Waals surface area contributed by atoms with E-state index in [0.717, 1.165) is 11.5 Å². The van der Waals surface area contributed by atoms with Crippen LogP contribution in [0.1, 0.15) is 49.7 Å². The molecule has 17 heavy (non-hydrogen) atoms. The molecule has 2 rings (SSSR count). The van der Waals surface area contributed by atoms with Gasteiger partial charge in [0.1, 0.15) is 5.82 Å². The van der Waals surface area contributed by atoms with Gasteiger partial charge in [-0.05, 0) is 45.7 Å². The number of aryl methyl sites for hydroxylation is 1. The first-order valence-electron chi connectivity index (χ1n) is 6.47. The summed E-state index contributed by atoms with van der Waals surface area (Å²) in [6, 6.07) is 2.27. The smallest absolute Gasteiger partial charge is 0.125 e. The van der Waals surface area contributed by atoms with Gasteiger partial charge in [-0.15, -0.1) is 0 Å². The van der Waals surface area contributed by atoms with Gasteiger partial charge in [-0.1, -0.05) is 18.1 Å². The lowest BCUT2D eigenvalue weighted by Crippen LogP contribution is -2.20. The van der Waals surface area contributed by atoms with Crippen molar-refractivity contribution < 1.29 is 0 Å². The predicted molar refractivity (Wildman–Crippen MR) is 69.7 cm³/mol. The van der Waals surface area contributed by atoms with Crippen LogP contribution >= 0.6 is 0 Å². The standard InChI is InChI=1S/C14H21N3/c1-11-16-10-9-13(17-11)14(15-2)12-7-5-3-4-6-8-12/h7,9-10,14-15H,3-6,8H2,1-2H3. The maximum Gasteiger partial charge on any atom is 0.125 e. The molecule has 1 N–H and O–H groups in total. The van der Waals surface area contributed by atoms with Gasteiger partial charge in [0, 0.05) is 6.20 Å². The van der Waals surface area contributed by atoms with Crippen molar-refractivity contribution in [1.82, 2.24) is 15.3 Å². The zero-order valence-electron chi connectivity index (χ0n) is 10.7. The molecule has 0 fully saturated rings. The van der Waals surface area contributed by atoms with Gasteiger partial charge in [0.15, 0.2) is 0 Å². The molecule has 0 saturated heterocycles. The van der Waals surface area contributed by atoms with Crippen molar-refractivity contribution in [3.05, 3.63) is 35.4 Å². The van der Waals surface area contributed by atoms with Crippen molar-refractivity contribution in [2.45, 2.75) is 45.1 Å². The SMILES string of the molecule is CNC(C1=CCCCCC1)c1ccnc(C)n1. The van der Waals surface area contributed by atoms with Crippen molar-refractivity contribution >= 4 is 0 Å². The first-order chi connectivity index (χ1) is 8.31. The van der Waals surface area contributed by atoms with Crippen LogP contribution in [-0.4, -0.2) is 17.0 Å². The van der Waals surface area contributed by atoms with E-state index >= 15 is 0 Å². The quantitative estimate of drug-likeness (QED) is 0.813. The number of likely N-dealkylation sites (N-methyl/N-ethyl adjacent to an activating group) is 1. The van der Waals surface area contributed by atoms with Crippen LogP contribution < -0.4 is 5.32 Å². The molecule has 3 nitrogen and oxygen atoms in total. The van der Waals surface area contributed by atoms with E-state index < -0.39 is 0 Å². The fourth-order valence-corrected chi connectivity index (χ4v) is 2.46. The normalized spacial score (nSPS) is 18.4. The molecule has 1 heterocycles. The summed E-state index contributed by atoms with van der Waals surface area (Å²) in [5.74, 6) is 0.844. The average Bonchev–Trinajstić information content (AvgIpc) is 2.59. The van der Waals surface area contributed by atoms with Crippen LogP contribution in [-0.2, 0) is 0 Å². The molecule has 0 radical (unpaired) electrons. The van der Waals surface area contributed by atoms with Crippen LogP contribution in [0.3, 0.4) is 0 Å². The molecule has 92 valence electrons. The van der Waals surface area contributed by atoms with Crippen LogP contribution in [0.25, 0.3) is 0 Å². The van der Waals surface area contributed by atoms with Gasteiger partial charge in [0.25, 0.3) is 0 Å². The predicted octanol–water partition coefficient (Wildman–Crippen LogP) is 2.94. The fourth-order valence-electron chi connectivity index (χ4n) is 2.46. The molecular weight excluding hydrogens is 210 g/mol. The van der Waals surface area contributed by atoms with Crippen molar-refractivity contribution in [2.24, 2.45) is 0 Å². The minimum Gasteiger partial charge on any atom is -0.308 e. The maximum absolute atomic E-state index is 4.54. The monoisotopic (exact) mass is 231 g/mol. The summed E-state index contributed by atoms with van der Waals surface area (Å²) in [5, 5.41) is 3.38. The Bertz CT molecular complexity index is 398. The lowest BCUT2D eigenvalue weighted by molar-refractivity contribution is 0.612. The van der Waals surface area contributed by atoms with Crippen molar-refractivity contribution in [1.29, 1.82) is 0 Å². The van der Waals surface area contributed by atoms with Gasteiger partial charge in [-0.3, -0.25) is 0 Å². The van der Waals surface area contributed by atoms with Crippen molar-refractivity contribution in [3.63, 3.8) is 0 Å². The summed E-state index contributed by atoms with van der Waals surface area (Å²) in [4.78, 5) is 8.70. The Hall–Kier alpha value is -1.22. The molecule has 0 spiro atoms. The Balaban J connectivity index is 2.23. The van der Waals surface area contributed by atoms with Gasteiger partial charge in [-0.25, -0.2) is 9.97 Å². The summed E-state index contributed by atoms with van der Waals surface area (Å²) < 4.78 is 0. The minimum absolute atomic E-state index is 0.259. The van der Waals surface area contributed by atoms with E-state index in [1.807, 2.05) is 26.2 Å². The molecule has 1 aromatic rings. The van der Waals surface area contributed by atoms with E-state index in [4.69, 9.17) is 0 Å². The van der Waals surface area contributed by atoms with Gasteiger partial charge >= 0.3 is 0 Å². The van der Waals surface area contributed by atoms with E-state index in [0.29, 0.717) is 0 Å². The molecular formula is C14H21N3. The lowest BCUT2D eigenvalue weighted by atomic mass is 9.99. The second-order valence-electron chi connectivity index (χ2n) is 4.63. The molecule has 1 aliphatic rings. The van der Waals surface area contributed by atoms with Crippen LogP contribution in [0.15, 0.2) is 23.9 Å². The summed E-state index contributed by atoms with van der Waals surface area (Å²) in [5.41, 5.74) is 2.58. The fraction of sp³-hybridized carbons (Fsp3) is 0.571. The van der Waals surface area contributed by atoms with Gasteiger partial charge in [0.05, 0.1) is 11.7 Å². The molecule has 0 saturated carbocycles. The van der Waals surface area contributed by atoms with Crippen LogP contribution in [0.2, 0.25) is 0 Å². The Kier molecular flexibility index (Phi) is 4.26. The number of aromatic nitrogens is 2. The summed E-state index contributed by atoms with van der Waals surface area (Å²) in [6.45, 7) is 1.94. The van der Waals surface area contributed by atoms with E-state index in [1.54, 1.807) is 0 Å². The second-order valence-corrected chi connectivity index (χ2v) is 4.63. The van der Waals surface area contributed by atoms with Crippen LogP contribution in [0.5, 0.6) is 0 Å². The third-order valence-electron chi connectivity index (χ3n) is 3.33. The van der Waals surface area contributed by atoms with E-state index in [9.17, 15) is 0 Å². The number of rotatable bonds is 3. The molecule has 0 aliphatic heterocycles. The van der Waals surface area contributed by atoms with Gasteiger partial charge in [-0.2, -0.15) is 0 Å². The third kappa shape index (κ3) is 3.13. The molecule has 0 amide bonds. The number of hydrogen-bond donors (Lipinski definition) is 1. The van der Waals surface area contributed by atoms with E-state index in [1.165, 1.54) is 37.7 Å². The van der Waals surface area contributed by atoms with E-state index in [-0.39, 0.29) is 6.04 Å². The molecule has 1 unspecified atom stereocenters.